The largest absolute Gasteiger partial charge is 0.481 e. The van der Waals surface area contributed by atoms with Gasteiger partial charge in [0.2, 0.25) is 6.41 Å². The third-order valence-corrected chi connectivity index (χ3v) is 1.88. The highest BCUT2D eigenvalue weighted by atomic mass is 16.4. The Balaban J connectivity index is 4.23. The summed E-state index contributed by atoms with van der Waals surface area (Å²) in [5, 5.41) is 13.1. The minimum absolute atomic E-state index is 0.270. The molecule has 0 saturated heterocycles. The Morgan fingerprint density at radius 3 is 2.40 bits per heavy atom. The van der Waals surface area contributed by atoms with Crippen molar-refractivity contribution in [1.82, 2.24) is 10.6 Å². The molecular weight excluding hydrogens is 200 g/mol. The molecule has 0 saturated carbocycles. The molecule has 3 N–H and O–H groups in total. The number of aliphatic carboxylic acids is 1. The van der Waals surface area contributed by atoms with Gasteiger partial charge in [0.15, 0.2) is 0 Å². The van der Waals surface area contributed by atoms with E-state index in [4.69, 9.17) is 5.11 Å². The molecule has 0 aliphatic carbocycles. The Morgan fingerprint density at radius 1 is 1.47 bits per heavy atom. The van der Waals surface area contributed by atoms with Crippen LogP contribution in [-0.4, -0.2) is 29.1 Å². The van der Waals surface area contributed by atoms with Crippen LogP contribution in [0.1, 0.15) is 27.2 Å². The van der Waals surface area contributed by atoms with Crippen molar-refractivity contribution in [2.45, 2.75) is 32.7 Å². The molecule has 0 radical (unpaired) electrons. The van der Waals surface area contributed by atoms with Crippen molar-refractivity contribution in [3.8, 4) is 0 Å². The Labute approximate surface area is 88.0 Å². The summed E-state index contributed by atoms with van der Waals surface area (Å²) in [6.07, 6.45) is 0.556. The summed E-state index contributed by atoms with van der Waals surface area (Å²) in [4.78, 5) is 31.6. The highest BCUT2D eigenvalue weighted by Gasteiger charge is 2.26. The highest BCUT2D eigenvalue weighted by Crippen LogP contribution is 2.16. The van der Waals surface area contributed by atoms with Crippen molar-refractivity contribution >= 4 is 18.4 Å². The number of amides is 3. The van der Waals surface area contributed by atoms with Gasteiger partial charge in [0.05, 0.1) is 5.92 Å². The fraction of sp³-hybridized carbons (Fsp3) is 0.667. The van der Waals surface area contributed by atoms with Crippen molar-refractivity contribution < 1.29 is 19.5 Å². The summed E-state index contributed by atoms with van der Waals surface area (Å²) in [5.41, 5.74) is -0.676. The number of carbonyl (C=O) groups excluding carboxylic acids is 2. The molecule has 86 valence electrons. The zero-order valence-corrected chi connectivity index (χ0v) is 9.03. The lowest BCUT2D eigenvalue weighted by molar-refractivity contribution is -0.141. The maximum absolute atomic E-state index is 11.0. The molecule has 6 heteroatoms. The maximum Gasteiger partial charge on any atom is 0.321 e. The molecule has 0 aromatic carbocycles. The molecule has 0 spiro atoms. The second-order valence-electron chi connectivity index (χ2n) is 4.04. The molecule has 0 rings (SSSR count). The van der Waals surface area contributed by atoms with Crippen molar-refractivity contribution in [3.05, 3.63) is 0 Å². The predicted octanol–water partition coefficient (Wildman–Crippen LogP) is 0.331. The molecule has 0 bridgehead atoms. The van der Waals surface area contributed by atoms with Gasteiger partial charge in [-0.2, -0.15) is 0 Å². The second kappa shape index (κ2) is 5.33. The number of hydrogen-bond donors (Lipinski definition) is 3. The number of carbonyl (C=O) groups is 3. The van der Waals surface area contributed by atoms with Crippen LogP contribution in [0.3, 0.4) is 0 Å². The number of urea groups is 1. The zero-order valence-electron chi connectivity index (χ0n) is 9.03. The molecule has 0 aliphatic heterocycles. The molecule has 0 aromatic rings. The van der Waals surface area contributed by atoms with E-state index in [-0.39, 0.29) is 12.8 Å². The average molecular weight is 216 g/mol. The van der Waals surface area contributed by atoms with Crippen LogP contribution in [0.2, 0.25) is 0 Å². The van der Waals surface area contributed by atoms with Gasteiger partial charge in [0, 0.05) is 5.54 Å². The molecule has 15 heavy (non-hydrogen) atoms. The van der Waals surface area contributed by atoms with E-state index in [9.17, 15) is 14.4 Å². The number of imide groups is 1. The Morgan fingerprint density at radius 2 is 2.00 bits per heavy atom. The van der Waals surface area contributed by atoms with E-state index in [0.717, 1.165) is 0 Å². The van der Waals surface area contributed by atoms with Crippen LogP contribution in [0, 0.1) is 5.92 Å². The fourth-order valence-corrected chi connectivity index (χ4v) is 1.30. The van der Waals surface area contributed by atoms with E-state index in [1.807, 2.05) is 5.32 Å². The van der Waals surface area contributed by atoms with Crippen LogP contribution in [0.15, 0.2) is 0 Å². The number of carboxylic acid groups (broad SMARTS) is 1. The normalized spacial score (nSPS) is 12.7. The SMILES string of the molecule is C[C@H](CC(C)(C)NC(=O)NC=O)C(=O)O. The number of rotatable bonds is 5. The van der Waals surface area contributed by atoms with Gasteiger partial charge >= 0.3 is 12.0 Å². The van der Waals surface area contributed by atoms with E-state index in [1.165, 1.54) is 0 Å². The summed E-state index contributed by atoms with van der Waals surface area (Å²) >= 11 is 0. The minimum Gasteiger partial charge on any atom is -0.481 e. The van der Waals surface area contributed by atoms with Gasteiger partial charge in [-0.1, -0.05) is 6.92 Å². The predicted molar refractivity (Wildman–Crippen MR) is 53.2 cm³/mol. The topological polar surface area (TPSA) is 95.5 Å². The van der Waals surface area contributed by atoms with Crippen molar-refractivity contribution in [1.29, 1.82) is 0 Å². The first-order chi connectivity index (χ1) is 6.78. The summed E-state index contributed by atoms with van der Waals surface area (Å²) in [6.45, 7) is 4.94. The number of hydrogen-bond acceptors (Lipinski definition) is 3. The molecule has 0 heterocycles. The first kappa shape index (κ1) is 13.4. The lowest BCUT2D eigenvalue weighted by Gasteiger charge is -2.27. The monoisotopic (exact) mass is 216 g/mol. The van der Waals surface area contributed by atoms with Crippen LogP contribution >= 0.6 is 0 Å². The molecule has 0 unspecified atom stereocenters. The molecule has 3 amide bonds. The number of nitrogens with one attached hydrogen (secondary N) is 2. The molecule has 0 aromatic heterocycles. The van der Waals surface area contributed by atoms with Gasteiger partial charge in [0.25, 0.3) is 0 Å². The highest BCUT2D eigenvalue weighted by molar-refractivity contribution is 5.84. The van der Waals surface area contributed by atoms with E-state index >= 15 is 0 Å². The summed E-state index contributed by atoms with van der Waals surface area (Å²) in [7, 11) is 0. The first-order valence-corrected chi connectivity index (χ1v) is 4.53. The smallest absolute Gasteiger partial charge is 0.321 e. The minimum atomic E-state index is -0.916. The van der Waals surface area contributed by atoms with Crippen LogP contribution in [-0.2, 0) is 9.59 Å². The van der Waals surface area contributed by atoms with Gasteiger partial charge in [-0.3, -0.25) is 14.9 Å². The summed E-state index contributed by atoms with van der Waals surface area (Å²) < 4.78 is 0. The van der Waals surface area contributed by atoms with Crippen LogP contribution in [0.5, 0.6) is 0 Å². The zero-order chi connectivity index (χ0) is 12.1. The fourth-order valence-electron chi connectivity index (χ4n) is 1.30. The van der Waals surface area contributed by atoms with E-state index < -0.39 is 23.5 Å². The second-order valence-corrected chi connectivity index (χ2v) is 4.04. The quantitative estimate of drug-likeness (QED) is 0.577. The third kappa shape index (κ3) is 5.66. The third-order valence-electron chi connectivity index (χ3n) is 1.88. The molecule has 6 nitrogen and oxygen atoms in total. The van der Waals surface area contributed by atoms with Gasteiger partial charge in [-0.15, -0.1) is 0 Å². The first-order valence-electron chi connectivity index (χ1n) is 4.53. The van der Waals surface area contributed by atoms with Crippen molar-refractivity contribution in [2.75, 3.05) is 0 Å². The molecular formula is C9H16N2O4. The number of carboxylic acids is 1. The van der Waals surface area contributed by atoms with E-state index in [0.29, 0.717) is 0 Å². The molecule has 1 atom stereocenters. The van der Waals surface area contributed by atoms with Crippen LogP contribution < -0.4 is 10.6 Å². The van der Waals surface area contributed by atoms with Crippen LogP contribution in [0.4, 0.5) is 4.79 Å². The summed E-state index contributed by atoms with van der Waals surface area (Å²) in [6, 6.07) is -0.632. The van der Waals surface area contributed by atoms with Crippen molar-refractivity contribution in [3.63, 3.8) is 0 Å². The van der Waals surface area contributed by atoms with Gasteiger partial charge in [-0.25, -0.2) is 4.79 Å². The van der Waals surface area contributed by atoms with Gasteiger partial charge < -0.3 is 10.4 Å². The maximum atomic E-state index is 11.0. The lowest BCUT2D eigenvalue weighted by Crippen LogP contribution is -2.49. The summed E-state index contributed by atoms with van der Waals surface area (Å²) in [5.74, 6) is -1.47. The van der Waals surface area contributed by atoms with Gasteiger partial charge in [-0.05, 0) is 20.3 Å². The van der Waals surface area contributed by atoms with E-state index in [2.05, 4.69) is 5.32 Å². The Hall–Kier alpha value is -1.59. The average Bonchev–Trinajstić information content (AvgIpc) is 2.01. The van der Waals surface area contributed by atoms with E-state index in [1.54, 1.807) is 20.8 Å². The molecule has 0 aliphatic rings. The Bertz CT molecular complexity index is 263. The van der Waals surface area contributed by atoms with Gasteiger partial charge in [0.1, 0.15) is 0 Å². The van der Waals surface area contributed by atoms with Crippen molar-refractivity contribution in [2.24, 2.45) is 5.92 Å². The van der Waals surface area contributed by atoms with Crippen LogP contribution in [0.25, 0.3) is 0 Å². The lowest BCUT2D eigenvalue weighted by atomic mass is 9.92. The molecule has 0 fully saturated rings. The Kier molecular flexibility index (Phi) is 4.77. The standard InChI is InChI=1S/C9H16N2O4/c1-6(7(13)14)4-9(2,3)11-8(15)10-5-12/h5-6H,4H2,1-3H3,(H,13,14)(H2,10,11,12,15)/t6-/m1/s1.